The number of nitrogens with zero attached hydrogens (tertiary/aromatic N) is 3. The summed E-state index contributed by atoms with van der Waals surface area (Å²) in [5.74, 6) is 0. The maximum atomic E-state index is 9.16. The van der Waals surface area contributed by atoms with Crippen molar-refractivity contribution in [2.24, 2.45) is 0 Å². The summed E-state index contributed by atoms with van der Waals surface area (Å²) in [5.41, 5.74) is 1.63. The largest absolute Gasteiger partial charge is 0.256 e. The lowest BCUT2D eigenvalue weighted by molar-refractivity contribution is 1.26. The number of hydrogen-bond donors (Lipinski definition) is 0. The maximum absolute atomic E-state index is 9.16. The topological polar surface area (TPSA) is 60.5 Å². The molecule has 1 heterocycles. The van der Waals surface area contributed by atoms with Gasteiger partial charge in [-0.3, -0.25) is 4.98 Å². The van der Waals surface area contributed by atoms with Gasteiger partial charge in [-0.2, -0.15) is 10.5 Å². The van der Waals surface area contributed by atoms with Crippen molar-refractivity contribution in [2.75, 3.05) is 0 Å². The third-order valence-corrected chi connectivity index (χ3v) is 2.34. The molecule has 1 aromatic heterocycles. The predicted octanol–water partition coefficient (Wildman–Crippen LogP) is 2.80. The number of aromatic nitrogens is 1. The first kappa shape index (κ1) is 7.60. The molecule has 2 aromatic rings. The summed E-state index contributed by atoms with van der Waals surface area (Å²) in [4.78, 5) is 4.08. The van der Waals surface area contributed by atoms with Crippen LogP contribution in [0.25, 0.3) is 11.3 Å². The summed E-state index contributed by atoms with van der Waals surface area (Å²) in [7, 11) is 0. The van der Waals surface area contributed by atoms with E-state index < -0.39 is 6.85 Å². The molecule has 0 N–H and O–H groups in total. The van der Waals surface area contributed by atoms with E-state index in [1.54, 1.807) is 24.3 Å². The molecular weight excluding hydrogens is 210 g/mol. The van der Waals surface area contributed by atoms with Gasteiger partial charge in [0.15, 0.2) is 0 Å². The van der Waals surface area contributed by atoms with Crippen molar-refractivity contribution in [3.05, 3.63) is 53.2 Å². The first-order valence-electron chi connectivity index (χ1n) is 6.37. The van der Waals surface area contributed by atoms with E-state index in [2.05, 4.69) is 4.98 Å². The monoisotopic (exact) mass is 222 g/mol. The molecule has 17 heavy (non-hydrogen) atoms. The van der Waals surface area contributed by atoms with Crippen LogP contribution in [0.5, 0.6) is 0 Å². The smallest absolute Gasteiger partial charge is 0.101 e. The highest BCUT2D eigenvalue weighted by molar-refractivity contribution is 5.71. The maximum Gasteiger partial charge on any atom is 0.101 e. The molecule has 0 amide bonds. The molecule has 2 rings (SSSR count). The molecule has 0 unspecified atom stereocenters. The highest BCUT2D eigenvalue weighted by Gasteiger charge is 2.09. The molecule has 1 aromatic carbocycles. The fraction of sp³-hybridized carbons (Fsp3) is 0.0714. The summed E-state index contributed by atoms with van der Waals surface area (Å²) in [5, 5.41) is 18.1. The normalized spacial score (nSPS) is 12.7. The molecule has 3 heteroatoms. The van der Waals surface area contributed by atoms with E-state index in [1.807, 2.05) is 12.1 Å². The van der Waals surface area contributed by atoms with Crippen LogP contribution >= 0.6 is 0 Å². The number of aryl methyl sites for hydroxylation is 1. The van der Waals surface area contributed by atoms with Gasteiger partial charge in [0.25, 0.3) is 0 Å². The van der Waals surface area contributed by atoms with Crippen molar-refractivity contribution >= 4 is 0 Å². The fourth-order valence-corrected chi connectivity index (χ4v) is 1.53. The van der Waals surface area contributed by atoms with Gasteiger partial charge in [0.2, 0.25) is 0 Å². The molecule has 0 saturated carbocycles. The first-order valence-corrected chi connectivity index (χ1v) is 4.87. The van der Waals surface area contributed by atoms with Gasteiger partial charge < -0.3 is 0 Å². The number of benzene rings is 1. The Balaban J connectivity index is 2.54. The van der Waals surface area contributed by atoms with Gasteiger partial charge in [0.1, 0.15) is 12.1 Å². The standard InChI is InChI=1S/C14H9N3/c1-10-5-6-14(17-9-10)12-4-2-3-11(7-15)13(12)8-16/h2-6,9H,1H3/i1D3. The third kappa shape index (κ3) is 2.00. The van der Waals surface area contributed by atoms with Crippen LogP contribution in [0.1, 0.15) is 20.8 Å². The number of rotatable bonds is 1. The van der Waals surface area contributed by atoms with Crippen molar-refractivity contribution < 1.29 is 4.11 Å². The van der Waals surface area contributed by atoms with Crippen LogP contribution < -0.4 is 0 Å². The Morgan fingerprint density at radius 3 is 2.65 bits per heavy atom. The van der Waals surface area contributed by atoms with Gasteiger partial charge in [-0.05, 0) is 24.5 Å². The van der Waals surface area contributed by atoms with E-state index in [1.165, 1.54) is 12.3 Å². The van der Waals surface area contributed by atoms with Crippen LogP contribution in [-0.4, -0.2) is 4.98 Å². The van der Waals surface area contributed by atoms with Crippen molar-refractivity contribution in [1.29, 1.82) is 10.5 Å². The second kappa shape index (κ2) is 4.47. The Labute approximate surface area is 104 Å². The molecule has 0 spiro atoms. The zero-order valence-electron chi connectivity index (χ0n) is 11.8. The van der Waals surface area contributed by atoms with Crippen molar-refractivity contribution in [1.82, 2.24) is 4.98 Å². The molecule has 0 atom stereocenters. The summed E-state index contributed by atoms with van der Waals surface area (Å²) in [6, 6.07) is 11.8. The average molecular weight is 222 g/mol. The van der Waals surface area contributed by atoms with Crippen LogP contribution in [0.2, 0.25) is 0 Å². The van der Waals surface area contributed by atoms with Gasteiger partial charge in [0, 0.05) is 15.9 Å². The Kier molecular flexibility index (Phi) is 2.00. The molecule has 0 fully saturated rings. The molecule has 80 valence electrons. The highest BCUT2D eigenvalue weighted by Crippen LogP contribution is 2.23. The molecule has 0 aliphatic heterocycles. The molecule has 0 radical (unpaired) electrons. The molecule has 3 nitrogen and oxygen atoms in total. The Bertz CT molecular complexity index is 719. The van der Waals surface area contributed by atoms with Crippen molar-refractivity contribution in [2.45, 2.75) is 6.85 Å². The van der Waals surface area contributed by atoms with Crippen LogP contribution in [0, 0.1) is 29.5 Å². The minimum atomic E-state index is -2.21. The van der Waals surface area contributed by atoms with Crippen LogP contribution in [-0.2, 0) is 0 Å². The van der Waals surface area contributed by atoms with E-state index in [4.69, 9.17) is 14.6 Å². The van der Waals surface area contributed by atoms with Crippen LogP contribution in [0.15, 0.2) is 36.5 Å². The van der Waals surface area contributed by atoms with Crippen molar-refractivity contribution in [3.8, 4) is 23.4 Å². The fourth-order valence-electron chi connectivity index (χ4n) is 1.53. The van der Waals surface area contributed by atoms with Gasteiger partial charge in [-0.1, -0.05) is 18.2 Å². The first-order chi connectivity index (χ1) is 9.47. The number of nitriles is 2. The number of hydrogen-bond acceptors (Lipinski definition) is 3. The van der Waals surface area contributed by atoms with Gasteiger partial charge in [-0.15, -0.1) is 0 Å². The highest BCUT2D eigenvalue weighted by atomic mass is 14.7. The summed E-state index contributed by atoms with van der Waals surface area (Å²) < 4.78 is 21.9. The summed E-state index contributed by atoms with van der Waals surface area (Å²) in [6.45, 7) is -2.21. The lowest BCUT2D eigenvalue weighted by atomic mass is 10.00. The molecule has 0 aliphatic rings. The van der Waals surface area contributed by atoms with Gasteiger partial charge in [0.05, 0.1) is 16.8 Å². The van der Waals surface area contributed by atoms with Gasteiger partial charge >= 0.3 is 0 Å². The second-order valence-corrected chi connectivity index (χ2v) is 3.38. The average Bonchev–Trinajstić information content (AvgIpc) is 2.45. The zero-order valence-corrected chi connectivity index (χ0v) is 8.81. The zero-order chi connectivity index (χ0) is 14.8. The summed E-state index contributed by atoms with van der Waals surface area (Å²) >= 11 is 0. The lowest BCUT2D eigenvalue weighted by Gasteiger charge is -2.04. The second-order valence-electron chi connectivity index (χ2n) is 3.38. The molecule has 0 bridgehead atoms. The molecular formula is C14H9N3. The van der Waals surface area contributed by atoms with Crippen LogP contribution in [0.3, 0.4) is 0 Å². The van der Waals surface area contributed by atoms with Gasteiger partial charge in [-0.25, -0.2) is 0 Å². The van der Waals surface area contributed by atoms with E-state index in [9.17, 15) is 0 Å². The molecule has 0 aliphatic carbocycles. The van der Waals surface area contributed by atoms with E-state index >= 15 is 0 Å². The molecule has 0 saturated heterocycles. The number of pyridine rings is 1. The Hall–Kier alpha value is -2.65. The van der Waals surface area contributed by atoms with Crippen molar-refractivity contribution in [3.63, 3.8) is 0 Å². The summed E-state index contributed by atoms with van der Waals surface area (Å²) in [6.07, 6.45) is 1.27. The SMILES string of the molecule is [2H]C([2H])([2H])c1ccc(-c2cccc(C#N)c2C#N)nc1. The minimum absolute atomic E-state index is 0.135. The lowest BCUT2D eigenvalue weighted by Crippen LogP contribution is -1.91. The van der Waals surface area contributed by atoms with E-state index in [-0.39, 0.29) is 16.7 Å². The van der Waals surface area contributed by atoms with E-state index in [0.29, 0.717) is 11.3 Å². The Morgan fingerprint density at radius 1 is 1.18 bits per heavy atom. The minimum Gasteiger partial charge on any atom is -0.256 e. The third-order valence-electron chi connectivity index (χ3n) is 2.34. The van der Waals surface area contributed by atoms with E-state index in [0.717, 1.165) is 0 Å². The van der Waals surface area contributed by atoms with Crippen LogP contribution in [0.4, 0.5) is 0 Å². The predicted molar refractivity (Wildman–Crippen MR) is 63.8 cm³/mol. The quantitative estimate of drug-likeness (QED) is 0.745. The Morgan fingerprint density at radius 2 is 2.06 bits per heavy atom.